The fraction of sp³-hybridized carbons (Fsp3) is 0.0492. The Balaban J connectivity index is 0.854. The van der Waals surface area contributed by atoms with Gasteiger partial charge in [0.1, 0.15) is 0 Å². The van der Waals surface area contributed by atoms with E-state index < -0.39 is 0 Å². The van der Waals surface area contributed by atoms with E-state index in [9.17, 15) is 0 Å². The molecule has 4 nitrogen and oxygen atoms in total. The predicted molar refractivity (Wildman–Crippen MR) is 272 cm³/mol. The number of nitrogens with zero attached hydrogens (tertiary/aromatic N) is 4. The number of benzene rings is 9. The highest BCUT2D eigenvalue weighted by Gasteiger charge is 2.18. The monoisotopic (exact) mass is 832 g/mol. The van der Waals surface area contributed by atoms with Gasteiger partial charge >= 0.3 is 0 Å². The molecule has 0 aliphatic carbocycles. The number of rotatable bonds is 7. The van der Waals surface area contributed by atoms with Gasteiger partial charge in [-0.05, 0) is 115 Å². The smallest absolute Gasteiger partial charge is 0.160 e. The number of aryl methyl sites for hydroxylation is 3. The molecule has 0 radical (unpaired) electrons. The summed E-state index contributed by atoms with van der Waals surface area (Å²) in [6.45, 7) is 6.56. The molecule has 0 atom stereocenters. The van der Waals surface area contributed by atoms with Crippen LogP contribution in [0.25, 0.3) is 111 Å². The molecule has 0 aliphatic heterocycles. The first-order valence-electron chi connectivity index (χ1n) is 22.3. The molecule has 3 aromatic heterocycles. The molecule has 0 unspecified atom stereocenters. The second-order valence-electron chi connectivity index (χ2n) is 17.3. The van der Waals surface area contributed by atoms with E-state index in [0.717, 1.165) is 45.2 Å². The number of fused-ring (bicyclic) bond motifs is 6. The lowest BCUT2D eigenvalue weighted by atomic mass is 9.95. The highest BCUT2D eigenvalue weighted by atomic mass is 15.0. The van der Waals surface area contributed by atoms with Gasteiger partial charge in [-0.1, -0.05) is 157 Å². The van der Waals surface area contributed by atoms with Crippen LogP contribution in [0.15, 0.2) is 212 Å². The fourth-order valence-electron chi connectivity index (χ4n) is 9.77. The average molecular weight is 833 g/mol. The quantitative estimate of drug-likeness (QED) is 0.160. The van der Waals surface area contributed by atoms with E-state index in [-0.39, 0.29) is 0 Å². The lowest BCUT2D eigenvalue weighted by molar-refractivity contribution is 1.16. The number of hydrogen-bond donors (Lipinski definition) is 0. The van der Waals surface area contributed by atoms with Crippen molar-refractivity contribution >= 4 is 43.6 Å². The first kappa shape index (κ1) is 38.3. The van der Waals surface area contributed by atoms with Crippen molar-refractivity contribution in [2.45, 2.75) is 20.8 Å². The Bertz CT molecular complexity index is 3650. The summed E-state index contributed by atoms with van der Waals surface area (Å²) in [5.41, 5.74) is 20.6. The van der Waals surface area contributed by atoms with Gasteiger partial charge in [-0.3, -0.25) is 0 Å². The summed E-state index contributed by atoms with van der Waals surface area (Å²) in [5.74, 6) is 0.718. The van der Waals surface area contributed by atoms with Crippen LogP contribution in [0.2, 0.25) is 0 Å². The minimum atomic E-state index is 0.718. The molecule has 0 amide bonds. The Labute approximate surface area is 378 Å². The number of para-hydroxylation sites is 1. The third-order valence-electron chi connectivity index (χ3n) is 13.0. The molecular weight excluding hydrogens is 789 g/mol. The SMILES string of the molecule is Cc1ccc2c(c1)c1cc(C)ccc1n2-c1ccc2c(c1)c1ccccc1n2-c1ccc(-c2ccc(-c3ccc(-c4cc(-c5ccccc5)nc(-c5ccccc5)n4)cc3)cc2C)cc1. The Morgan fingerprint density at radius 2 is 0.785 bits per heavy atom. The van der Waals surface area contributed by atoms with Gasteiger partial charge in [0.05, 0.1) is 33.5 Å². The molecule has 0 fully saturated rings. The van der Waals surface area contributed by atoms with Crippen molar-refractivity contribution in [1.82, 2.24) is 19.1 Å². The molecule has 0 bridgehead atoms. The lowest BCUT2D eigenvalue weighted by Gasteiger charge is -2.13. The zero-order valence-electron chi connectivity index (χ0n) is 36.5. The standard InChI is InChI=1S/C61H44N4/c1-39-18-31-58-52(34-39)53-35-40(2)19-32-59(53)65(58)49-29-33-60-54(37-49)51-16-10-11-17-57(51)64(60)48-27-24-43(25-28-48)50-30-26-47(36-41(50)3)42-20-22-45(23-21-42)56-38-55(44-12-6-4-7-13-44)62-61(63-56)46-14-8-5-9-15-46/h4-38H,1-3H3. The fourth-order valence-corrected chi connectivity index (χ4v) is 9.77. The summed E-state index contributed by atoms with van der Waals surface area (Å²) >= 11 is 0. The minimum Gasteiger partial charge on any atom is -0.309 e. The molecule has 12 rings (SSSR count). The van der Waals surface area contributed by atoms with E-state index in [2.05, 4.69) is 206 Å². The Morgan fingerprint density at radius 1 is 0.308 bits per heavy atom. The van der Waals surface area contributed by atoms with Crippen molar-refractivity contribution in [3.63, 3.8) is 0 Å². The highest BCUT2D eigenvalue weighted by molar-refractivity contribution is 6.12. The van der Waals surface area contributed by atoms with Crippen LogP contribution in [-0.2, 0) is 0 Å². The first-order chi connectivity index (χ1) is 31.9. The van der Waals surface area contributed by atoms with Gasteiger partial charge < -0.3 is 9.13 Å². The summed E-state index contributed by atoms with van der Waals surface area (Å²) in [4.78, 5) is 10.0. The van der Waals surface area contributed by atoms with Gasteiger partial charge in [-0.2, -0.15) is 0 Å². The predicted octanol–water partition coefficient (Wildman–Crippen LogP) is 15.9. The van der Waals surface area contributed by atoms with Crippen molar-refractivity contribution in [2.24, 2.45) is 0 Å². The molecule has 9 aromatic carbocycles. The maximum atomic E-state index is 5.04. The van der Waals surface area contributed by atoms with E-state index in [0.29, 0.717) is 0 Å². The van der Waals surface area contributed by atoms with Crippen molar-refractivity contribution in [3.05, 3.63) is 229 Å². The van der Waals surface area contributed by atoms with E-state index in [4.69, 9.17) is 9.97 Å². The molecule has 3 heterocycles. The molecule has 65 heavy (non-hydrogen) atoms. The molecule has 12 aromatic rings. The molecular formula is C61H44N4. The van der Waals surface area contributed by atoms with Crippen molar-refractivity contribution in [3.8, 4) is 67.5 Å². The van der Waals surface area contributed by atoms with Crippen molar-refractivity contribution in [1.29, 1.82) is 0 Å². The molecule has 0 saturated carbocycles. The molecule has 0 aliphatic rings. The van der Waals surface area contributed by atoms with Crippen LogP contribution in [-0.4, -0.2) is 19.1 Å². The van der Waals surface area contributed by atoms with E-state index >= 15 is 0 Å². The van der Waals surface area contributed by atoms with Crippen molar-refractivity contribution < 1.29 is 0 Å². The Kier molecular flexibility index (Phi) is 9.13. The van der Waals surface area contributed by atoms with Gasteiger partial charge in [0.25, 0.3) is 0 Å². The zero-order valence-corrected chi connectivity index (χ0v) is 36.5. The largest absolute Gasteiger partial charge is 0.309 e. The first-order valence-corrected chi connectivity index (χ1v) is 22.3. The van der Waals surface area contributed by atoms with Gasteiger partial charge in [0, 0.05) is 49.6 Å². The molecule has 0 spiro atoms. The number of hydrogen-bond acceptors (Lipinski definition) is 2. The summed E-state index contributed by atoms with van der Waals surface area (Å²) in [6.07, 6.45) is 0. The van der Waals surface area contributed by atoms with Crippen LogP contribution in [0.1, 0.15) is 16.7 Å². The topological polar surface area (TPSA) is 35.6 Å². The van der Waals surface area contributed by atoms with E-state index in [1.54, 1.807) is 0 Å². The van der Waals surface area contributed by atoms with Crippen LogP contribution >= 0.6 is 0 Å². The third kappa shape index (κ3) is 6.70. The average Bonchev–Trinajstić information content (AvgIpc) is 3.86. The van der Waals surface area contributed by atoms with Crippen LogP contribution in [0.4, 0.5) is 0 Å². The summed E-state index contributed by atoms with van der Waals surface area (Å²) in [7, 11) is 0. The van der Waals surface area contributed by atoms with E-state index in [1.165, 1.54) is 82.7 Å². The van der Waals surface area contributed by atoms with E-state index in [1.807, 2.05) is 36.4 Å². The highest BCUT2D eigenvalue weighted by Crippen LogP contribution is 2.39. The molecule has 4 heteroatoms. The second-order valence-corrected chi connectivity index (χ2v) is 17.3. The van der Waals surface area contributed by atoms with Gasteiger partial charge in [-0.25, -0.2) is 9.97 Å². The maximum absolute atomic E-state index is 5.04. The number of aromatic nitrogens is 4. The van der Waals surface area contributed by atoms with Crippen LogP contribution in [0.3, 0.4) is 0 Å². The maximum Gasteiger partial charge on any atom is 0.160 e. The van der Waals surface area contributed by atoms with Gasteiger partial charge in [0.2, 0.25) is 0 Å². The molecule has 308 valence electrons. The second kappa shape index (κ2) is 15.5. The van der Waals surface area contributed by atoms with Crippen LogP contribution in [0, 0.1) is 20.8 Å². The molecule has 0 saturated heterocycles. The third-order valence-corrected chi connectivity index (χ3v) is 13.0. The molecule has 0 N–H and O–H groups in total. The van der Waals surface area contributed by atoms with Crippen molar-refractivity contribution in [2.75, 3.05) is 0 Å². The Hall–Kier alpha value is -8.34. The lowest BCUT2D eigenvalue weighted by Crippen LogP contribution is -1.96. The van der Waals surface area contributed by atoms with Gasteiger partial charge in [-0.15, -0.1) is 0 Å². The van der Waals surface area contributed by atoms with Crippen LogP contribution < -0.4 is 0 Å². The summed E-state index contributed by atoms with van der Waals surface area (Å²) in [5, 5.41) is 5.06. The van der Waals surface area contributed by atoms with Gasteiger partial charge in [0.15, 0.2) is 5.82 Å². The zero-order chi connectivity index (χ0) is 43.6. The minimum absolute atomic E-state index is 0.718. The normalized spacial score (nSPS) is 11.6. The summed E-state index contributed by atoms with van der Waals surface area (Å²) in [6, 6.07) is 76.6. The Morgan fingerprint density at radius 3 is 1.43 bits per heavy atom. The van der Waals surface area contributed by atoms with Crippen LogP contribution in [0.5, 0.6) is 0 Å². The summed E-state index contributed by atoms with van der Waals surface area (Å²) < 4.78 is 4.83.